The number of halogens is 3. The van der Waals surface area contributed by atoms with Gasteiger partial charge in [0.15, 0.2) is 0 Å². The van der Waals surface area contributed by atoms with Crippen molar-refractivity contribution in [2.75, 3.05) is 26.8 Å². The molecule has 1 rings (SSSR count). The number of nitrogens with zero attached hydrogens (tertiary/aromatic N) is 1. The van der Waals surface area contributed by atoms with Crippen molar-refractivity contribution in [1.82, 2.24) is 4.90 Å². The van der Waals surface area contributed by atoms with Crippen molar-refractivity contribution < 1.29 is 18.3 Å². The third-order valence-corrected chi connectivity index (χ3v) is 3.20. The minimum atomic E-state index is -2.47. The monoisotopic (exact) mass is 269 g/mol. The molecule has 0 aromatic heterocycles. The second-order valence-corrected chi connectivity index (χ2v) is 5.04. The average molecular weight is 270 g/mol. The number of carbonyl (C=O) groups excluding carboxylic acids is 1. The lowest BCUT2D eigenvalue weighted by molar-refractivity contribution is -0.132. The molecule has 1 aliphatic carbocycles. The zero-order valence-electron chi connectivity index (χ0n) is 9.87. The zero-order chi connectivity index (χ0) is 12.8. The molecule has 1 fully saturated rings. The first-order chi connectivity index (χ1) is 7.99. The van der Waals surface area contributed by atoms with Crippen LogP contribution < -0.4 is 0 Å². The molecule has 1 amide bonds. The summed E-state index contributed by atoms with van der Waals surface area (Å²) in [5.74, 6) is 0.408. The van der Waals surface area contributed by atoms with Crippen LogP contribution in [-0.2, 0) is 9.53 Å². The SMILES string of the molecule is CN(CC1CC(Cl)C1)C(=O)CCOCC(F)F. The van der Waals surface area contributed by atoms with E-state index in [-0.39, 0.29) is 24.3 Å². The molecule has 0 aromatic rings. The highest BCUT2D eigenvalue weighted by Gasteiger charge is 2.28. The highest BCUT2D eigenvalue weighted by atomic mass is 35.5. The van der Waals surface area contributed by atoms with Gasteiger partial charge in [-0.3, -0.25) is 4.79 Å². The Morgan fingerprint density at radius 1 is 1.53 bits per heavy atom. The van der Waals surface area contributed by atoms with Crippen LogP contribution in [0.2, 0.25) is 0 Å². The Balaban J connectivity index is 2.06. The Bertz CT molecular complexity index is 248. The standard InChI is InChI=1S/C11H18ClF2NO2/c1-15(6-8-4-9(12)5-8)11(16)2-3-17-7-10(13)14/h8-10H,2-7H2,1H3. The topological polar surface area (TPSA) is 29.5 Å². The molecule has 0 saturated heterocycles. The minimum absolute atomic E-state index is 0.0519. The lowest BCUT2D eigenvalue weighted by Gasteiger charge is -2.34. The number of ether oxygens (including phenoxy) is 1. The first-order valence-electron chi connectivity index (χ1n) is 5.73. The summed E-state index contributed by atoms with van der Waals surface area (Å²) < 4.78 is 28.2. The maximum absolute atomic E-state index is 11.7. The molecule has 100 valence electrons. The summed E-state index contributed by atoms with van der Waals surface area (Å²) in [5, 5.41) is 0.248. The maximum atomic E-state index is 11.7. The lowest BCUT2D eigenvalue weighted by Crippen LogP contribution is -2.38. The van der Waals surface area contributed by atoms with Crippen LogP contribution in [0.25, 0.3) is 0 Å². The molecule has 0 aliphatic heterocycles. The van der Waals surface area contributed by atoms with E-state index >= 15 is 0 Å². The molecule has 0 unspecified atom stereocenters. The Kier molecular flexibility index (Phi) is 6.12. The van der Waals surface area contributed by atoms with Gasteiger partial charge < -0.3 is 9.64 Å². The molecular weight excluding hydrogens is 252 g/mol. The van der Waals surface area contributed by atoms with Crippen LogP contribution in [-0.4, -0.2) is 49.4 Å². The van der Waals surface area contributed by atoms with Gasteiger partial charge in [-0.1, -0.05) is 0 Å². The highest BCUT2D eigenvalue weighted by molar-refractivity contribution is 6.21. The van der Waals surface area contributed by atoms with E-state index in [9.17, 15) is 13.6 Å². The van der Waals surface area contributed by atoms with Crippen LogP contribution in [0.15, 0.2) is 0 Å². The summed E-state index contributed by atoms with van der Waals surface area (Å²) in [4.78, 5) is 13.2. The van der Waals surface area contributed by atoms with E-state index in [1.807, 2.05) is 0 Å². The normalized spacial score (nSPS) is 23.6. The van der Waals surface area contributed by atoms with E-state index in [0.29, 0.717) is 12.5 Å². The fourth-order valence-corrected chi connectivity index (χ4v) is 2.32. The molecule has 0 atom stereocenters. The van der Waals surface area contributed by atoms with Crippen LogP contribution in [0.3, 0.4) is 0 Å². The van der Waals surface area contributed by atoms with Crippen molar-refractivity contribution in [2.45, 2.75) is 31.1 Å². The molecule has 17 heavy (non-hydrogen) atoms. The van der Waals surface area contributed by atoms with Gasteiger partial charge >= 0.3 is 0 Å². The van der Waals surface area contributed by atoms with E-state index in [0.717, 1.165) is 12.8 Å². The van der Waals surface area contributed by atoms with Gasteiger partial charge in [0, 0.05) is 19.0 Å². The third-order valence-electron chi connectivity index (χ3n) is 2.84. The first-order valence-corrected chi connectivity index (χ1v) is 6.16. The van der Waals surface area contributed by atoms with Crippen LogP contribution >= 0.6 is 11.6 Å². The van der Waals surface area contributed by atoms with Crippen molar-refractivity contribution in [2.24, 2.45) is 5.92 Å². The molecule has 6 heteroatoms. The van der Waals surface area contributed by atoms with Gasteiger partial charge in [-0.15, -0.1) is 11.6 Å². The number of rotatable bonds is 7. The Morgan fingerprint density at radius 3 is 2.71 bits per heavy atom. The molecule has 0 radical (unpaired) electrons. The molecule has 0 spiro atoms. The van der Waals surface area contributed by atoms with Gasteiger partial charge in [0.2, 0.25) is 5.91 Å². The molecule has 3 nitrogen and oxygen atoms in total. The summed E-state index contributed by atoms with van der Waals surface area (Å²) in [5.41, 5.74) is 0. The van der Waals surface area contributed by atoms with Crippen molar-refractivity contribution in [1.29, 1.82) is 0 Å². The van der Waals surface area contributed by atoms with Crippen LogP contribution in [0.1, 0.15) is 19.3 Å². The van der Waals surface area contributed by atoms with Crippen molar-refractivity contribution in [3.8, 4) is 0 Å². The van der Waals surface area contributed by atoms with Crippen LogP contribution in [0.5, 0.6) is 0 Å². The van der Waals surface area contributed by atoms with Gasteiger partial charge in [0.05, 0.1) is 13.0 Å². The molecule has 0 N–H and O–H groups in total. The quantitative estimate of drug-likeness (QED) is 0.523. The molecule has 1 aliphatic rings. The predicted octanol–water partition coefficient (Wildman–Crippen LogP) is 2.13. The summed E-state index contributed by atoms with van der Waals surface area (Å²) in [6, 6.07) is 0. The van der Waals surface area contributed by atoms with E-state index < -0.39 is 13.0 Å². The minimum Gasteiger partial charge on any atom is -0.375 e. The predicted molar refractivity (Wildman–Crippen MR) is 61.4 cm³/mol. The zero-order valence-corrected chi connectivity index (χ0v) is 10.6. The van der Waals surface area contributed by atoms with Gasteiger partial charge in [-0.05, 0) is 18.8 Å². The maximum Gasteiger partial charge on any atom is 0.261 e. The molecule has 0 aromatic carbocycles. The summed E-state index contributed by atoms with van der Waals surface area (Å²) in [7, 11) is 1.72. The molecule has 1 saturated carbocycles. The molecule has 0 heterocycles. The van der Waals surface area contributed by atoms with Gasteiger partial charge in [0.1, 0.15) is 6.61 Å². The smallest absolute Gasteiger partial charge is 0.261 e. The number of hydrogen-bond acceptors (Lipinski definition) is 2. The fraction of sp³-hybridized carbons (Fsp3) is 0.909. The van der Waals surface area contributed by atoms with Crippen LogP contribution in [0.4, 0.5) is 8.78 Å². The van der Waals surface area contributed by atoms with E-state index in [1.54, 1.807) is 11.9 Å². The van der Waals surface area contributed by atoms with Crippen molar-refractivity contribution in [3.05, 3.63) is 0 Å². The summed E-state index contributed by atoms with van der Waals surface area (Å²) in [6.07, 6.45) is -0.430. The second kappa shape index (κ2) is 7.11. The van der Waals surface area contributed by atoms with Crippen molar-refractivity contribution >= 4 is 17.5 Å². The molecule has 0 bridgehead atoms. The number of amides is 1. The van der Waals surface area contributed by atoms with Gasteiger partial charge in [-0.25, -0.2) is 8.78 Å². The average Bonchev–Trinajstić information content (AvgIpc) is 2.21. The van der Waals surface area contributed by atoms with E-state index in [2.05, 4.69) is 4.74 Å². The lowest BCUT2D eigenvalue weighted by atomic mass is 9.84. The third kappa shape index (κ3) is 5.64. The number of hydrogen-bond donors (Lipinski definition) is 0. The van der Waals surface area contributed by atoms with Gasteiger partial charge in [-0.2, -0.15) is 0 Å². The Morgan fingerprint density at radius 2 is 2.18 bits per heavy atom. The summed E-state index contributed by atoms with van der Waals surface area (Å²) in [6.45, 7) is 0.140. The Labute approximate surface area is 105 Å². The number of carbonyl (C=O) groups is 1. The van der Waals surface area contributed by atoms with E-state index in [4.69, 9.17) is 11.6 Å². The molecular formula is C11H18ClF2NO2. The largest absolute Gasteiger partial charge is 0.375 e. The fourth-order valence-electron chi connectivity index (χ4n) is 1.82. The highest BCUT2D eigenvalue weighted by Crippen LogP contribution is 2.32. The second-order valence-electron chi connectivity index (χ2n) is 4.42. The van der Waals surface area contributed by atoms with E-state index in [1.165, 1.54) is 0 Å². The first kappa shape index (κ1) is 14.6. The van der Waals surface area contributed by atoms with Crippen LogP contribution in [0, 0.1) is 5.92 Å². The van der Waals surface area contributed by atoms with Crippen molar-refractivity contribution in [3.63, 3.8) is 0 Å². The van der Waals surface area contributed by atoms with Gasteiger partial charge in [0.25, 0.3) is 6.43 Å². The number of alkyl halides is 3. The summed E-state index contributed by atoms with van der Waals surface area (Å²) >= 11 is 5.84. The Hall–Kier alpha value is -0.420.